The minimum Gasteiger partial charge on any atom is -0.466 e. The van der Waals surface area contributed by atoms with Crippen LogP contribution in [0.25, 0.3) is 0 Å². The Morgan fingerprint density at radius 2 is 1.68 bits per heavy atom. The lowest BCUT2D eigenvalue weighted by molar-refractivity contribution is -0.144. The highest BCUT2D eigenvalue weighted by atomic mass is 16.5. The Kier molecular flexibility index (Phi) is 16.1. The molecule has 0 aromatic rings. The number of aliphatic hydroxyl groups is 1. The van der Waals surface area contributed by atoms with Crippen molar-refractivity contribution in [2.24, 2.45) is 5.92 Å². The van der Waals surface area contributed by atoms with Gasteiger partial charge in [-0.1, -0.05) is 57.6 Å². The molecule has 0 saturated carbocycles. The van der Waals surface area contributed by atoms with Gasteiger partial charge in [0, 0.05) is 6.42 Å². The molecule has 2 unspecified atom stereocenters. The van der Waals surface area contributed by atoms with Crippen molar-refractivity contribution in [3.8, 4) is 0 Å². The van der Waals surface area contributed by atoms with Gasteiger partial charge in [-0.2, -0.15) is 0 Å². The van der Waals surface area contributed by atoms with Crippen LogP contribution in [0.4, 0.5) is 0 Å². The van der Waals surface area contributed by atoms with Gasteiger partial charge in [0.25, 0.3) is 0 Å². The predicted molar refractivity (Wildman–Crippen MR) is 107 cm³/mol. The molecule has 0 aliphatic rings. The van der Waals surface area contributed by atoms with Gasteiger partial charge in [0.1, 0.15) is 0 Å². The number of aliphatic hydroxyl groups excluding tert-OH is 1. The van der Waals surface area contributed by atoms with Crippen LogP contribution in [0.2, 0.25) is 0 Å². The Balaban J connectivity index is 3.52. The van der Waals surface area contributed by atoms with E-state index < -0.39 is 0 Å². The van der Waals surface area contributed by atoms with Crippen molar-refractivity contribution < 1.29 is 14.6 Å². The maximum Gasteiger partial charge on any atom is 0.305 e. The Labute approximate surface area is 156 Å². The lowest BCUT2D eigenvalue weighted by atomic mass is 10.0. The summed E-state index contributed by atoms with van der Waals surface area (Å²) in [5.41, 5.74) is 1.36. The van der Waals surface area contributed by atoms with Crippen molar-refractivity contribution in [2.75, 3.05) is 6.61 Å². The third kappa shape index (κ3) is 17.8. The maximum atomic E-state index is 11.7. The molecule has 3 heteroatoms. The van der Waals surface area contributed by atoms with E-state index in [1.165, 1.54) is 31.3 Å². The standard InChI is InChI=1S/C22H42O3/c1-5-6-7-8-9-14-21(23)15-11-16-22(24)25-18-17-20(4)13-10-12-19(2)3/h12,20-21,23H,5-11,13-18H2,1-4H3. The van der Waals surface area contributed by atoms with Crippen molar-refractivity contribution in [1.82, 2.24) is 0 Å². The van der Waals surface area contributed by atoms with Crippen LogP contribution in [-0.4, -0.2) is 23.8 Å². The first kappa shape index (κ1) is 24.2. The highest BCUT2D eigenvalue weighted by molar-refractivity contribution is 5.69. The van der Waals surface area contributed by atoms with Gasteiger partial charge < -0.3 is 9.84 Å². The summed E-state index contributed by atoms with van der Waals surface area (Å²) in [4.78, 5) is 11.7. The van der Waals surface area contributed by atoms with Crippen LogP contribution < -0.4 is 0 Å². The molecule has 0 aliphatic heterocycles. The number of rotatable bonds is 16. The molecule has 0 amide bonds. The van der Waals surface area contributed by atoms with Crippen molar-refractivity contribution >= 4 is 5.97 Å². The molecule has 1 N–H and O–H groups in total. The molecule has 0 aromatic heterocycles. The van der Waals surface area contributed by atoms with E-state index in [1.807, 2.05) is 0 Å². The summed E-state index contributed by atoms with van der Waals surface area (Å²) in [6.45, 7) is 9.18. The fraction of sp³-hybridized carbons (Fsp3) is 0.864. The van der Waals surface area contributed by atoms with Gasteiger partial charge in [-0.15, -0.1) is 0 Å². The van der Waals surface area contributed by atoms with Crippen LogP contribution in [0.1, 0.15) is 105 Å². The largest absolute Gasteiger partial charge is 0.466 e. The van der Waals surface area contributed by atoms with Crippen LogP contribution in [-0.2, 0) is 9.53 Å². The second kappa shape index (κ2) is 16.6. The Morgan fingerprint density at radius 3 is 2.36 bits per heavy atom. The molecular weight excluding hydrogens is 312 g/mol. The van der Waals surface area contributed by atoms with E-state index in [2.05, 4.69) is 33.8 Å². The molecule has 0 bridgehead atoms. The summed E-state index contributed by atoms with van der Waals surface area (Å²) in [5.74, 6) is 0.463. The molecule has 148 valence electrons. The van der Waals surface area contributed by atoms with E-state index in [-0.39, 0.29) is 12.1 Å². The van der Waals surface area contributed by atoms with E-state index in [1.54, 1.807) is 0 Å². The smallest absolute Gasteiger partial charge is 0.305 e. The number of ether oxygens (including phenoxy) is 1. The summed E-state index contributed by atoms with van der Waals surface area (Å²) >= 11 is 0. The molecular formula is C22H42O3. The topological polar surface area (TPSA) is 46.5 Å². The Bertz CT molecular complexity index is 345. The highest BCUT2D eigenvalue weighted by Gasteiger charge is 2.08. The van der Waals surface area contributed by atoms with Crippen LogP contribution >= 0.6 is 0 Å². The predicted octanol–water partition coefficient (Wildman–Crippen LogP) is 6.19. The molecule has 0 fully saturated rings. The van der Waals surface area contributed by atoms with Gasteiger partial charge >= 0.3 is 5.97 Å². The van der Waals surface area contributed by atoms with E-state index in [0.717, 1.165) is 38.5 Å². The molecule has 0 rings (SSSR count). The normalized spacial score (nSPS) is 13.3. The van der Waals surface area contributed by atoms with Crippen molar-refractivity contribution in [1.29, 1.82) is 0 Å². The van der Waals surface area contributed by atoms with E-state index >= 15 is 0 Å². The van der Waals surface area contributed by atoms with Gasteiger partial charge in [-0.25, -0.2) is 0 Å². The number of hydrogen-bond acceptors (Lipinski definition) is 3. The molecule has 0 radical (unpaired) electrons. The highest BCUT2D eigenvalue weighted by Crippen LogP contribution is 2.13. The first-order chi connectivity index (χ1) is 12.0. The quantitative estimate of drug-likeness (QED) is 0.204. The number of allylic oxidation sites excluding steroid dienone is 2. The van der Waals surface area contributed by atoms with Crippen LogP contribution in [0.3, 0.4) is 0 Å². The summed E-state index contributed by atoms with van der Waals surface area (Å²) in [5, 5.41) is 9.93. The van der Waals surface area contributed by atoms with Crippen LogP contribution in [0.5, 0.6) is 0 Å². The SMILES string of the molecule is CCCCCCCC(O)CCCC(=O)OCCC(C)CCC=C(C)C. The van der Waals surface area contributed by atoms with Gasteiger partial charge in [0.05, 0.1) is 12.7 Å². The fourth-order valence-corrected chi connectivity index (χ4v) is 2.86. The first-order valence-corrected chi connectivity index (χ1v) is 10.4. The number of esters is 1. The van der Waals surface area contributed by atoms with Gasteiger partial charge in [0.15, 0.2) is 0 Å². The monoisotopic (exact) mass is 354 g/mol. The van der Waals surface area contributed by atoms with Crippen molar-refractivity contribution in [3.05, 3.63) is 11.6 Å². The Morgan fingerprint density at radius 1 is 1.00 bits per heavy atom. The average Bonchev–Trinajstić information content (AvgIpc) is 2.54. The zero-order chi connectivity index (χ0) is 18.9. The van der Waals surface area contributed by atoms with Gasteiger partial charge in [-0.05, 0) is 58.3 Å². The van der Waals surface area contributed by atoms with Gasteiger partial charge in [-0.3, -0.25) is 4.79 Å². The summed E-state index contributed by atoms with van der Waals surface area (Å²) in [7, 11) is 0. The van der Waals surface area contributed by atoms with E-state index in [0.29, 0.717) is 25.4 Å². The van der Waals surface area contributed by atoms with Crippen molar-refractivity contribution in [3.63, 3.8) is 0 Å². The minimum atomic E-state index is -0.260. The molecule has 25 heavy (non-hydrogen) atoms. The maximum absolute atomic E-state index is 11.7. The third-order valence-corrected chi connectivity index (χ3v) is 4.64. The lowest BCUT2D eigenvalue weighted by Gasteiger charge is -2.12. The summed E-state index contributed by atoms with van der Waals surface area (Å²) in [6.07, 6.45) is 14.0. The average molecular weight is 355 g/mol. The van der Waals surface area contributed by atoms with E-state index in [4.69, 9.17) is 4.74 Å². The molecule has 0 aromatic carbocycles. The molecule has 0 saturated heterocycles. The molecule has 0 spiro atoms. The Hall–Kier alpha value is -0.830. The number of carbonyl (C=O) groups excluding carboxylic acids is 1. The molecule has 0 heterocycles. The molecule has 3 nitrogen and oxygen atoms in total. The molecule has 0 aliphatic carbocycles. The van der Waals surface area contributed by atoms with Gasteiger partial charge in [0.2, 0.25) is 0 Å². The second-order valence-electron chi connectivity index (χ2n) is 7.72. The number of unbranched alkanes of at least 4 members (excludes halogenated alkanes) is 4. The summed E-state index contributed by atoms with van der Waals surface area (Å²) < 4.78 is 5.31. The summed E-state index contributed by atoms with van der Waals surface area (Å²) in [6, 6.07) is 0. The fourth-order valence-electron chi connectivity index (χ4n) is 2.86. The number of carbonyl (C=O) groups is 1. The minimum absolute atomic E-state index is 0.119. The zero-order valence-corrected chi connectivity index (χ0v) is 17.2. The van der Waals surface area contributed by atoms with Crippen LogP contribution in [0, 0.1) is 5.92 Å². The lowest BCUT2D eigenvalue weighted by Crippen LogP contribution is -2.11. The van der Waals surface area contributed by atoms with E-state index in [9.17, 15) is 9.90 Å². The van der Waals surface area contributed by atoms with Crippen LogP contribution in [0.15, 0.2) is 11.6 Å². The number of hydrogen-bond donors (Lipinski definition) is 1. The first-order valence-electron chi connectivity index (χ1n) is 10.4. The third-order valence-electron chi connectivity index (χ3n) is 4.64. The second-order valence-corrected chi connectivity index (χ2v) is 7.72. The molecule has 2 atom stereocenters. The van der Waals surface area contributed by atoms with Crippen molar-refractivity contribution in [2.45, 2.75) is 111 Å². The zero-order valence-electron chi connectivity index (χ0n) is 17.2.